The van der Waals surface area contributed by atoms with Crippen LogP contribution in [0.3, 0.4) is 0 Å². The second-order valence-electron chi connectivity index (χ2n) is 8.42. The van der Waals surface area contributed by atoms with Crippen LogP contribution in [0.5, 0.6) is 0 Å². The third kappa shape index (κ3) is 8.54. The number of nitrogens with one attached hydrogen (secondary N) is 1. The van der Waals surface area contributed by atoms with Gasteiger partial charge in [-0.3, -0.25) is 9.59 Å². The molecule has 2 fully saturated rings. The molecule has 0 radical (unpaired) electrons. The first-order valence-electron chi connectivity index (χ1n) is 11.0. The molecule has 1 aliphatic carbocycles. The Bertz CT molecular complexity index is 546. The normalized spacial score (nSPS) is 19.6. The summed E-state index contributed by atoms with van der Waals surface area (Å²) in [6.45, 7) is 7.66. The molecule has 0 spiro atoms. The van der Waals surface area contributed by atoms with E-state index in [1.54, 1.807) is 18.7 Å². The Labute approximate surface area is 179 Å². The Morgan fingerprint density at radius 2 is 1.72 bits per heavy atom. The van der Waals surface area contributed by atoms with E-state index in [1.807, 2.05) is 4.90 Å². The van der Waals surface area contributed by atoms with Crippen molar-refractivity contribution >= 4 is 28.8 Å². The van der Waals surface area contributed by atoms with Crippen LogP contribution in [0.2, 0.25) is 0 Å². The summed E-state index contributed by atoms with van der Waals surface area (Å²) in [7, 11) is 2.05. The summed E-state index contributed by atoms with van der Waals surface area (Å²) < 4.78 is 0. The highest BCUT2D eigenvalue weighted by Crippen LogP contribution is 2.26. The van der Waals surface area contributed by atoms with Crippen molar-refractivity contribution in [1.82, 2.24) is 20.0 Å². The topological polar surface area (TPSA) is 73.0 Å². The van der Waals surface area contributed by atoms with Crippen molar-refractivity contribution < 1.29 is 14.4 Å². The Morgan fingerprint density at radius 1 is 1.07 bits per heavy atom. The Balaban J connectivity index is 1.86. The fourth-order valence-corrected chi connectivity index (χ4v) is 4.67. The maximum Gasteiger partial charge on any atom is 0.318 e. The minimum atomic E-state index is -0.538. The molecule has 1 N–H and O–H groups in total. The second-order valence-corrected chi connectivity index (χ2v) is 9.69. The predicted octanol–water partition coefficient (Wildman–Crippen LogP) is 2.41. The quantitative estimate of drug-likeness (QED) is 0.645. The molecule has 1 heterocycles. The lowest BCUT2D eigenvalue weighted by Gasteiger charge is -2.34. The molecule has 166 valence electrons. The molecular formula is C21H38N4O3S. The maximum absolute atomic E-state index is 12.9. The van der Waals surface area contributed by atoms with Gasteiger partial charge in [0.1, 0.15) is 6.04 Å². The molecule has 0 aromatic carbocycles. The Hall–Kier alpha value is -1.28. The van der Waals surface area contributed by atoms with Gasteiger partial charge in [-0.15, -0.1) is 0 Å². The van der Waals surface area contributed by atoms with Gasteiger partial charge in [-0.05, 0) is 26.3 Å². The molecule has 3 amide bonds. The maximum atomic E-state index is 12.9. The van der Waals surface area contributed by atoms with Crippen LogP contribution in [0.15, 0.2) is 0 Å². The number of carbonyl (C=O) groups is 3. The molecule has 1 atom stereocenters. The molecule has 2 rings (SSSR count). The van der Waals surface area contributed by atoms with Gasteiger partial charge in [-0.25, -0.2) is 4.79 Å². The van der Waals surface area contributed by atoms with E-state index < -0.39 is 6.04 Å². The predicted molar refractivity (Wildman–Crippen MR) is 118 cm³/mol. The first-order chi connectivity index (χ1) is 13.9. The highest BCUT2D eigenvalue weighted by molar-refractivity contribution is 8.13. The summed E-state index contributed by atoms with van der Waals surface area (Å²) in [5.74, 6) is 1.26. The van der Waals surface area contributed by atoms with Crippen molar-refractivity contribution in [2.24, 2.45) is 5.92 Å². The van der Waals surface area contributed by atoms with E-state index in [0.29, 0.717) is 37.8 Å². The number of thioether (sulfide) groups is 1. The smallest absolute Gasteiger partial charge is 0.318 e. The van der Waals surface area contributed by atoms with Crippen LogP contribution in [-0.2, 0) is 9.59 Å². The van der Waals surface area contributed by atoms with E-state index in [2.05, 4.69) is 17.3 Å². The molecule has 1 saturated heterocycles. The van der Waals surface area contributed by atoms with Gasteiger partial charge in [0.25, 0.3) is 0 Å². The van der Waals surface area contributed by atoms with E-state index >= 15 is 0 Å². The van der Waals surface area contributed by atoms with Gasteiger partial charge in [0, 0.05) is 51.9 Å². The number of nitrogens with zero attached hydrogens (tertiary/aromatic N) is 3. The van der Waals surface area contributed by atoms with Crippen molar-refractivity contribution in [2.75, 3.05) is 52.1 Å². The SMILES string of the molecule is CC(=O)SCCN(CCC1CCCCC1)C(=O)N[C@@H](C)C(=O)N1CCN(C)CC1. The van der Waals surface area contributed by atoms with Gasteiger partial charge in [0.05, 0.1) is 0 Å². The molecule has 0 unspecified atom stereocenters. The molecule has 8 heteroatoms. The largest absolute Gasteiger partial charge is 0.338 e. The summed E-state index contributed by atoms with van der Waals surface area (Å²) in [6.07, 6.45) is 7.38. The highest BCUT2D eigenvalue weighted by Gasteiger charge is 2.26. The van der Waals surface area contributed by atoms with Gasteiger partial charge in [0.15, 0.2) is 5.12 Å². The molecule has 0 aromatic rings. The third-order valence-corrected chi connectivity index (χ3v) is 6.80. The number of piperazine rings is 1. The van der Waals surface area contributed by atoms with Gasteiger partial charge in [-0.2, -0.15) is 0 Å². The van der Waals surface area contributed by atoms with Crippen LogP contribution in [0.25, 0.3) is 0 Å². The molecule has 1 aliphatic heterocycles. The minimum Gasteiger partial charge on any atom is -0.338 e. The number of hydrogen-bond acceptors (Lipinski definition) is 5. The zero-order valence-corrected chi connectivity index (χ0v) is 19.1. The molecule has 0 aromatic heterocycles. The van der Waals surface area contributed by atoms with Crippen molar-refractivity contribution in [1.29, 1.82) is 0 Å². The van der Waals surface area contributed by atoms with Crippen molar-refractivity contribution in [3.8, 4) is 0 Å². The van der Waals surface area contributed by atoms with Crippen LogP contribution < -0.4 is 5.32 Å². The van der Waals surface area contributed by atoms with Crippen LogP contribution in [0.4, 0.5) is 4.79 Å². The van der Waals surface area contributed by atoms with E-state index in [-0.39, 0.29) is 17.1 Å². The molecule has 29 heavy (non-hydrogen) atoms. The lowest BCUT2D eigenvalue weighted by Crippen LogP contribution is -2.55. The number of rotatable bonds is 8. The van der Waals surface area contributed by atoms with Crippen molar-refractivity contribution in [2.45, 2.75) is 58.4 Å². The fourth-order valence-electron chi connectivity index (χ4n) is 4.07. The zero-order valence-electron chi connectivity index (χ0n) is 18.3. The lowest BCUT2D eigenvalue weighted by atomic mass is 9.87. The van der Waals surface area contributed by atoms with Gasteiger partial charge in [-0.1, -0.05) is 43.9 Å². The van der Waals surface area contributed by atoms with Gasteiger partial charge in [0.2, 0.25) is 5.91 Å². The average molecular weight is 427 g/mol. The van der Waals surface area contributed by atoms with Crippen LogP contribution in [0.1, 0.15) is 52.4 Å². The van der Waals surface area contributed by atoms with E-state index in [1.165, 1.54) is 43.9 Å². The molecular weight excluding hydrogens is 388 g/mol. The molecule has 7 nitrogen and oxygen atoms in total. The average Bonchev–Trinajstić information content (AvgIpc) is 2.71. The second kappa shape index (κ2) is 12.4. The van der Waals surface area contributed by atoms with E-state index in [9.17, 15) is 14.4 Å². The molecule has 2 aliphatic rings. The first kappa shape index (κ1) is 24.0. The van der Waals surface area contributed by atoms with E-state index in [4.69, 9.17) is 0 Å². The molecule has 0 bridgehead atoms. The van der Waals surface area contributed by atoms with Crippen LogP contribution in [-0.4, -0.2) is 89.9 Å². The summed E-state index contributed by atoms with van der Waals surface area (Å²) in [5.41, 5.74) is 0. The summed E-state index contributed by atoms with van der Waals surface area (Å²) in [4.78, 5) is 42.7. The summed E-state index contributed by atoms with van der Waals surface area (Å²) in [6, 6.07) is -0.733. The summed E-state index contributed by atoms with van der Waals surface area (Å²) >= 11 is 1.25. The number of likely N-dealkylation sites (N-methyl/N-ethyl adjacent to an activating group) is 1. The summed E-state index contributed by atoms with van der Waals surface area (Å²) in [5, 5.41) is 2.97. The Morgan fingerprint density at radius 3 is 2.34 bits per heavy atom. The van der Waals surface area contributed by atoms with Gasteiger partial charge >= 0.3 is 6.03 Å². The highest BCUT2D eigenvalue weighted by atomic mass is 32.2. The monoisotopic (exact) mass is 426 g/mol. The number of amides is 3. The van der Waals surface area contributed by atoms with Crippen LogP contribution in [0, 0.1) is 5.92 Å². The standard InChI is InChI=1S/C21H38N4O3S/c1-17(20(27)24-13-11-23(3)12-14-24)22-21(28)25(15-16-29-18(2)26)10-9-19-7-5-4-6-8-19/h17,19H,4-16H2,1-3H3,(H,22,28)/t17-/m0/s1. The Kier molecular flexibility index (Phi) is 10.3. The third-order valence-electron chi connectivity index (χ3n) is 6.01. The fraction of sp³-hybridized carbons (Fsp3) is 0.857. The molecule has 1 saturated carbocycles. The van der Waals surface area contributed by atoms with Crippen molar-refractivity contribution in [3.05, 3.63) is 0 Å². The van der Waals surface area contributed by atoms with E-state index in [0.717, 1.165) is 19.5 Å². The lowest BCUT2D eigenvalue weighted by molar-refractivity contribution is -0.134. The van der Waals surface area contributed by atoms with Gasteiger partial charge < -0.3 is 20.0 Å². The van der Waals surface area contributed by atoms with Crippen LogP contribution >= 0.6 is 11.8 Å². The zero-order chi connectivity index (χ0) is 21.2. The number of hydrogen-bond donors (Lipinski definition) is 1. The first-order valence-corrected chi connectivity index (χ1v) is 12.0. The number of urea groups is 1. The van der Waals surface area contributed by atoms with Crippen molar-refractivity contribution in [3.63, 3.8) is 0 Å². The number of carbonyl (C=O) groups excluding carboxylic acids is 3. The minimum absolute atomic E-state index is 0.0169.